The smallest absolute Gasteiger partial charge is 0.190 e. The Kier molecular flexibility index (Phi) is 5.58. The molecule has 0 N–H and O–H groups in total. The highest BCUT2D eigenvalue weighted by Crippen LogP contribution is 2.56. The number of Topliss-reactive ketones (excluding diaryl/α,β-unsaturated/α-hetero) is 2. The van der Waals surface area contributed by atoms with E-state index in [0.717, 1.165) is 16.8 Å². The quantitative estimate of drug-likeness (QED) is 0.287. The number of halogens is 1. The van der Waals surface area contributed by atoms with E-state index in [0.29, 0.717) is 22.6 Å². The van der Waals surface area contributed by atoms with Crippen LogP contribution < -0.4 is 4.90 Å². The largest absolute Gasteiger partial charge is 0.343 e. The van der Waals surface area contributed by atoms with Crippen molar-refractivity contribution < 1.29 is 9.59 Å². The first-order valence-electron chi connectivity index (χ1n) is 12.1. The average molecular weight is 490 g/mol. The third-order valence-electron chi connectivity index (χ3n) is 7.54. The highest BCUT2D eigenvalue weighted by Gasteiger charge is 2.62. The number of carbonyl (C=O) groups is 2. The van der Waals surface area contributed by atoms with Gasteiger partial charge in [-0.2, -0.15) is 0 Å². The predicted molar refractivity (Wildman–Crippen MR) is 143 cm³/mol. The first-order valence-corrected chi connectivity index (χ1v) is 12.5. The Bertz CT molecular complexity index is 1410. The second kappa shape index (κ2) is 8.92. The molecular formula is C32H24ClNO2. The second-order valence-corrected chi connectivity index (χ2v) is 9.81. The van der Waals surface area contributed by atoms with Gasteiger partial charge in [-0.15, -0.1) is 0 Å². The van der Waals surface area contributed by atoms with Gasteiger partial charge >= 0.3 is 0 Å². The van der Waals surface area contributed by atoms with Gasteiger partial charge in [0.05, 0.1) is 5.41 Å². The minimum absolute atomic E-state index is 0.0777. The Morgan fingerprint density at radius 2 is 1.28 bits per heavy atom. The topological polar surface area (TPSA) is 37.4 Å². The van der Waals surface area contributed by atoms with Gasteiger partial charge in [0.15, 0.2) is 11.6 Å². The Balaban J connectivity index is 1.59. The predicted octanol–water partition coefficient (Wildman–Crippen LogP) is 6.87. The summed E-state index contributed by atoms with van der Waals surface area (Å²) in [7, 11) is 0. The molecule has 3 nitrogen and oxygen atoms in total. The van der Waals surface area contributed by atoms with E-state index in [1.165, 1.54) is 0 Å². The molecule has 4 aromatic carbocycles. The zero-order valence-electron chi connectivity index (χ0n) is 19.6. The molecule has 1 fully saturated rings. The normalized spacial score (nSPS) is 20.2. The van der Waals surface area contributed by atoms with E-state index in [4.69, 9.17) is 11.6 Å². The van der Waals surface area contributed by atoms with Crippen LogP contribution in [0.2, 0.25) is 5.02 Å². The van der Waals surface area contributed by atoms with Gasteiger partial charge in [-0.1, -0.05) is 90.5 Å². The highest BCUT2D eigenvalue weighted by atomic mass is 35.5. The van der Waals surface area contributed by atoms with Crippen molar-refractivity contribution >= 4 is 28.9 Å². The van der Waals surface area contributed by atoms with Crippen molar-refractivity contribution in [1.82, 2.24) is 0 Å². The van der Waals surface area contributed by atoms with Crippen molar-refractivity contribution in [3.05, 3.63) is 149 Å². The van der Waals surface area contributed by atoms with Gasteiger partial charge in [-0.3, -0.25) is 9.59 Å². The molecule has 176 valence electrons. The van der Waals surface area contributed by atoms with E-state index >= 15 is 0 Å². The zero-order valence-corrected chi connectivity index (χ0v) is 20.3. The Hall–Kier alpha value is -3.95. The molecule has 0 aromatic heterocycles. The van der Waals surface area contributed by atoms with Crippen LogP contribution in [0.3, 0.4) is 0 Å². The molecule has 0 amide bonds. The monoisotopic (exact) mass is 489 g/mol. The summed E-state index contributed by atoms with van der Waals surface area (Å²) in [5.74, 6) is -0.297. The molecule has 0 saturated heterocycles. The lowest BCUT2D eigenvalue weighted by Gasteiger charge is -2.36. The van der Waals surface area contributed by atoms with Crippen molar-refractivity contribution in [2.24, 2.45) is 5.92 Å². The van der Waals surface area contributed by atoms with Crippen molar-refractivity contribution in [2.45, 2.75) is 17.9 Å². The van der Waals surface area contributed by atoms with E-state index in [-0.39, 0.29) is 23.5 Å². The molecule has 36 heavy (non-hydrogen) atoms. The van der Waals surface area contributed by atoms with E-state index in [1.807, 2.05) is 97.2 Å². The number of benzene rings is 4. The van der Waals surface area contributed by atoms with Crippen LogP contribution in [0.25, 0.3) is 0 Å². The number of ketones is 2. The third-order valence-corrected chi connectivity index (χ3v) is 7.79. The SMILES string of the molecule is O=C(C1=CN(c2ccccc2)C2CC(=O)C(c3ccccc3)(c3ccccc3)C12)c1ccc(Cl)cc1. The zero-order chi connectivity index (χ0) is 24.7. The fraction of sp³-hybridized carbons (Fsp3) is 0.125. The van der Waals surface area contributed by atoms with Crippen LogP contribution in [0.1, 0.15) is 27.9 Å². The minimum Gasteiger partial charge on any atom is -0.343 e. The van der Waals surface area contributed by atoms with Crippen LogP contribution in [0.4, 0.5) is 5.69 Å². The molecule has 6 rings (SSSR count). The van der Waals surface area contributed by atoms with Crippen LogP contribution in [0.5, 0.6) is 0 Å². The number of anilines is 1. The van der Waals surface area contributed by atoms with E-state index in [1.54, 1.807) is 24.3 Å². The Morgan fingerprint density at radius 1 is 0.750 bits per heavy atom. The van der Waals surface area contributed by atoms with Crippen LogP contribution in [0.15, 0.2) is 127 Å². The molecule has 0 bridgehead atoms. The maximum absolute atomic E-state index is 14.3. The molecule has 2 atom stereocenters. The Morgan fingerprint density at radius 3 is 1.83 bits per heavy atom. The van der Waals surface area contributed by atoms with Crippen LogP contribution in [0, 0.1) is 5.92 Å². The first kappa shape index (κ1) is 22.5. The van der Waals surface area contributed by atoms with Gasteiger partial charge in [0, 0.05) is 46.4 Å². The maximum Gasteiger partial charge on any atom is 0.190 e. The number of hydrogen-bond acceptors (Lipinski definition) is 3. The molecular weight excluding hydrogens is 466 g/mol. The summed E-state index contributed by atoms with van der Waals surface area (Å²) in [4.78, 5) is 30.5. The minimum atomic E-state index is -0.968. The standard InChI is InChI=1S/C32H24ClNO2/c33-25-18-16-22(17-19-25)31(36)27-21-34(26-14-8-3-9-15-26)28-20-29(35)32(30(27)28,23-10-4-1-5-11-23)24-12-6-2-7-13-24/h1-19,21,28,30H,20H2. The fourth-order valence-electron chi connectivity index (χ4n) is 6.04. The molecule has 1 saturated carbocycles. The van der Waals surface area contributed by atoms with Gasteiger partial charge in [0.25, 0.3) is 0 Å². The van der Waals surface area contributed by atoms with Crippen molar-refractivity contribution in [3.63, 3.8) is 0 Å². The van der Waals surface area contributed by atoms with Crippen LogP contribution in [-0.2, 0) is 10.2 Å². The summed E-state index contributed by atoms with van der Waals surface area (Å²) in [5, 5.41) is 0.578. The van der Waals surface area contributed by atoms with Crippen molar-refractivity contribution in [2.75, 3.05) is 4.90 Å². The van der Waals surface area contributed by atoms with Crippen LogP contribution in [-0.4, -0.2) is 17.6 Å². The number of rotatable bonds is 5. The van der Waals surface area contributed by atoms with Gasteiger partial charge in [0.1, 0.15) is 0 Å². The number of para-hydroxylation sites is 1. The molecule has 4 heteroatoms. The summed E-state index contributed by atoms with van der Waals surface area (Å²) >= 11 is 6.11. The summed E-state index contributed by atoms with van der Waals surface area (Å²) in [6.45, 7) is 0. The number of nitrogens with zero attached hydrogens (tertiary/aromatic N) is 1. The van der Waals surface area contributed by atoms with E-state index < -0.39 is 5.41 Å². The molecule has 1 aliphatic heterocycles. The molecule has 0 spiro atoms. The van der Waals surface area contributed by atoms with Gasteiger partial charge in [0.2, 0.25) is 0 Å². The van der Waals surface area contributed by atoms with Gasteiger partial charge < -0.3 is 4.90 Å². The molecule has 2 aliphatic rings. The average Bonchev–Trinajstić information content (AvgIpc) is 3.44. The molecule has 4 aromatic rings. The maximum atomic E-state index is 14.3. The molecule has 1 aliphatic carbocycles. The highest BCUT2D eigenvalue weighted by molar-refractivity contribution is 6.30. The fourth-order valence-corrected chi connectivity index (χ4v) is 6.17. The van der Waals surface area contributed by atoms with Gasteiger partial charge in [-0.05, 0) is 47.5 Å². The number of carbonyl (C=O) groups excluding carboxylic acids is 2. The second-order valence-electron chi connectivity index (χ2n) is 9.38. The van der Waals surface area contributed by atoms with Gasteiger partial charge in [-0.25, -0.2) is 0 Å². The third kappa shape index (κ3) is 3.42. The summed E-state index contributed by atoms with van der Waals surface area (Å²) in [6.07, 6.45) is 2.31. The van der Waals surface area contributed by atoms with Crippen molar-refractivity contribution in [3.8, 4) is 0 Å². The number of fused-ring (bicyclic) bond motifs is 1. The van der Waals surface area contributed by atoms with Crippen LogP contribution >= 0.6 is 11.6 Å². The van der Waals surface area contributed by atoms with E-state index in [9.17, 15) is 9.59 Å². The summed E-state index contributed by atoms with van der Waals surface area (Å²) < 4.78 is 0. The molecule has 0 radical (unpaired) electrons. The molecule has 2 unspecified atom stereocenters. The van der Waals surface area contributed by atoms with E-state index in [2.05, 4.69) is 4.90 Å². The summed E-state index contributed by atoms with van der Waals surface area (Å²) in [6, 6.07) is 36.7. The summed E-state index contributed by atoms with van der Waals surface area (Å²) in [5.41, 5.74) is 3.04. The number of hydrogen-bond donors (Lipinski definition) is 0. The lowest BCUT2D eigenvalue weighted by atomic mass is 9.64. The Labute approximate surface area is 215 Å². The first-order chi connectivity index (χ1) is 17.6. The lowest BCUT2D eigenvalue weighted by molar-refractivity contribution is -0.121. The van der Waals surface area contributed by atoms with Crippen molar-refractivity contribution in [1.29, 1.82) is 0 Å². The lowest BCUT2D eigenvalue weighted by Crippen LogP contribution is -2.42. The molecule has 1 heterocycles.